The molecule has 16 heavy (non-hydrogen) atoms. The second kappa shape index (κ2) is 6.21. The van der Waals surface area contributed by atoms with Crippen molar-refractivity contribution in [2.45, 2.75) is 33.2 Å². The highest BCUT2D eigenvalue weighted by molar-refractivity contribution is 5.79. The number of hydrogen-bond donors (Lipinski definition) is 2. The van der Waals surface area contributed by atoms with E-state index < -0.39 is 0 Å². The van der Waals surface area contributed by atoms with Crippen LogP contribution in [-0.4, -0.2) is 48.2 Å². The summed E-state index contributed by atoms with van der Waals surface area (Å²) in [6.07, 6.45) is 0.666. The minimum absolute atomic E-state index is 0.0994. The molecule has 2 N–H and O–H groups in total. The molecule has 1 aliphatic heterocycles. The van der Waals surface area contributed by atoms with Crippen LogP contribution in [-0.2, 0) is 4.79 Å². The van der Waals surface area contributed by atoms with E-state index in [1.54, 1.807) is 0 Å². The minimum Gasteiger partial charge on any atom is -0.396 e. The van der Waals surface area contributed by atoms with Gasteiger partial charge < -0.3 is 15.3 Å². The number of carbonyl (C=O) groups excluding carboxylic acids is 1. The highest BCUT2D eigenvalue weighted by atomic mass is 16.3. The Morgan fingerprint density at radius 1 is 1.44 bits per heavy atom. The Balaban J connectivity index is 2.51. The van der Waals surface area contributed by atoms with Crippen molar-refractivity contribution in [2.75, 3.05) is 26.2 Å². The van der Waals surface area contributed by atoms with E-state index in [2.05, 4.69) is 5.32 Å². The van der Waals surface area contributed by atoms with Crippen LogP contribution in [0.2, 0.25) is 0 Å². The molecule has 0 spiro atoms. The van der Waals surface area contributed by atoms with Gasteiger partial charge in [0, 0.05) is 25.1 Å². The van der Waals surface area contributed by atoms with Gasteiger partial charge >= 0.3 is 0 Å². The number of aliphatic hydroxyl groups excluding tert-OH is 1. The molecule has 0 radical (unpaired) electrons. The van der Waals surface area contributed by atoms with Gasteiger partial charge in [-0.05, 0) is 39.3 Å². The van der Waals surface area contributed by atoms with Gasteiger partial charge in [0.2, 0.25) is 5.91 Å². The van der Waals surface area contributed by atoms with Crippen LogP contribution in [0.5, 0.6) is 0 Å². The van der Waals surface area contributed by atoms with E-state index >= 15 is 0 Å². The summed E-state index contributed by atoms with van der Waals surface area (Å²) >= 11 is 0. The van der Waals surface area contributed by atoms with Crippen LogP contribution in [0, 0.1) is 11.8 Å². The number of hydrogen-bond acceptors (Lipinski definition) is 3. The molecule has 1 saturated heterocycles. The largest absolute Gasteiger partial charge is 0.396 e. The summed E-state index contributed by atoms with van der Waals surface area (Å²) in [6.45, 7) is 8.80. The molecule has 1 atom stereocenters. The highest BCUT2D eigenvalue weighted by Gasteiger charge is 2.32. The third-order valence-electron chi connectivity index (χ3n) is 3.37. The molecule has 0 aliphatic carbocycles. The second-order valence-electron chi connectivity index (χ2n) is 4.91. The van der Waals surface area contributed by atoms with Gasteiger partial charge in [-0.2, -0.15) is 0 Å². The first-order valence-corrected chi connectivity index (χ1v) is 6.20. The molecule has 0 aromatic heterocycles. The number of amides is 1. The van der Waals surface area contributed by atoms with Crippen molar-refractivity contribution in [1.82, 2.24) is 10.2 Å². The Morgan fingerprint density at radius 3 is 2.44 bits per heavy atom. The molecule has 4 heteroatoms. The first kappa shape index (κ1) is 13.5. The van der Waals surface area contributed by atoms with E-state index in [-0.39, 0.29) is 24.5 Å². The SMILES string of the molecule is CC(C(=O)N(CCCO)C(C)C)C1CNC1. The maximum atomic E-state index is 12.2. The van der Waals surface area contributed by atoms with Crippen LogP contribution >= 0.6 is 0 Å². The third kappa shape index (κ3) is 3.19. The van der Waals surface area contributed by atoms with Crippen LogP contribution in [0.4, 0.5) is 0 Å². The summed E-state index contributed by atoms with van der Waals surface area (Å²) in [5.74, 6) is 0.820. The average Bonchev–Trinajstić information content (AvgIpc) is 2.14. The molecule has 0 aromatic carbocycles. The van der Waals surface area contributed by atoms with E-state index in [4.69, 9.17) is 5.11 Å². The molecule has 0 saturated carbocycles. The molecule has 1 unspecified atom stereocenters. The zero-order chi connectivity index (χ0) is 12.1. The fourth-order valence-electron chi connectivity index (χ4n) is 1.99. The van der Waals surface area contributed by atoms with Gasteiger partial charge in [-0.1, -0.05) is 6.92 Å². The number of rotatable bonds is 6. The lowest BCUT2D eigenvalue weighted by atomic mass is 9.87. The van der Waals surface area contributed by atoms with Gasteiger partial charge in [-0.25, -0.2) is 0 Å². The summed E-state index contributed by atoms with van der Waals surface area (Å²) in [4.78, 5) is 14.1. The Morgan fingerprint density at radius 2 is 2.06 bits per heavy atom. The van der Waals surface area contributed by atoms with Gasteiger partial charge in [0.05, 0.1) is 0 Å². The topological polar surface area (TPSA) is 52.6 Å². The van der Waals surface area contributed by atoms with Gasteiger partial charge in [0.25, 0.3) is 0 Å². The van der Waals surface area contributed by atoms with Gasteiger partial charge in [-0.15, -0.1) is 0 Å². The molecular formula is C12H24N2O2. The zero-order valence-corrected chi connectivity index (χ0v) is 10.6. The van der Waals surface area contributed by atoms with Gasteiger partial charge in [0.15, 0.2) is 0 Å². The standard InChI is InChI=1S/C12H24N2O2/c1-9(2)14(5-4-6-15)12(16)10(3)11-7-13-8-11/h9-11,13,15H,4-8H2,1-3H3. The summed E-state index contributed by atoms with van der Waals surface area (Å²) in [7, 11) is 0. The number of nitrogens with one attached hydrogen (secondary N) is 1. The molecule has 1 fully saturated rings. The average molecular weight is 228 g/mol. The maximum absolute atomic E-state index is 12.2. The van der Waals surface area contributed by atoms with Crippen LogP contribution < -0.4 is 5.32 Å². The van der Waals surface area contributed by atoms with Crippen molar-refractivity contribution in [3.63, 3.8) is 0 Å². The van der Waals surface area contributed by atoms with E-state index in [9.17, 15) is 4.79 Å². The first-order chi connectivity index (χ1) is 7.57. The molecule has 1 heterocycles. The zero-order valence-electron chi connectivity index (χ0n) is 10.6. The van der Waals surface area contributed by atoms with Crippen molar-refractivity contribution < 1.29 is 9.90 Å². The Labute approximate surface area is 98.0 Å². The Bertz CT molecular complexity index is 227. The fourth-order valence-corrected chi connectivity index (χ4v) is 1.99. The summed E-state index contributed by atoms with van der Waals surface area (Å²) in [5.41, 5.74) is 0. The molecular weight excluding hydrogens is 204 g/mol. The predicted molar refractivity (Wildman–Crippen MR) is 64.1 cm³/mol. The van der Waals surface area contributed by atoms with Crippen molar-refractivity contribution in [2.24, 2.45) is 11.8 Å². The number of aliphatic hydroxyl groups is 1. The van der Waals surface area contributed by atoms with Gasteiger partial charge in [-0.3, -0.25) is 4.79 Å². The monoisotopic (exact) mass is 228 g/mol. The number of nitrogens with zero attached hydrogens (tertiary/aromatic N) is 1. The minimum atomic E-state index is 0.0994. The maximum Gasteiger partial charge on any atom is 0.226 e. The Hall–Kier alpha value is -0.610. The fraction of sp³-hybridized carbons (Fsp3) is 0.917. The number of carbonyl (C=O) groups is 1. The summed E-state index contributed by atoms with van der Waals surface area (Å²) < 4.78 is 0. The summed E-state index contributed by atoms with van der Waals surface area (Å²) in [6, 6.07) is 0.217. The normalized spacial score (nSPS) is 18.3. The van der Waals surface area contributed by atoms with Gasteiger partial charge in [0.1, 0.15) is 0 Å². The molecule has 94 valence electrons. The molecule has 1 amide bonds. The second-order valence-corrected chi connectivity index (χ2v) is 4.91. The van der Waals surface area contributed by atoms with E-state index in [0.717, 1.165) is 13.1 Å². The third-order valence-corrected chi connectivity index (χ3v) is 3.37. The van der Waals surface area contributed by atoms with E-state index in [1.165, 1.54) is 0 Å². The molecule has 0 aromatic rings. The molecule has 4 nitrogen and oxygen atoms in total. The lowest BCUT2D eigenvalue weighted by Gasteiger charge is -2.36. The predicted octanol–water partition coefficient (Wildman–Crippen LogP) is 0.461. The highest BCUT2D eigenvalue weighted by Crippen LogP contribution is 2.19. The molecule has 1 aliphatic rings. The van der Waals surface area contributed by atoms with E-state index in [1.807, 2.05) is 25.7 Å². The Kier molecular flexibility index (Phi) is 5.22. The lowest BCUT2D eigenvalue weighted by molar-refractivity contribution is -0.139. The van der Waals surface area contributed by atoms with E-state index in [0.29, 0.717) is 18.9 Å². The van der Waals surface area contributed by atoms with Crippen LogP contribution in [0.1, 0.15) is 27.2 Å². The van der Waals surface area contributed by atoms with Crippen LogP contribution in [0.3, 0.4) is 0 Å². The van der Waals surface area contributed by atoms with Crippen molar-refractivity contribution in [1.29, 1.82) is 0 Å². The lowest BCUT2D eigenvalue weighted by Crippen LogP contribution is -2.51. The molecule has 1 rings (SSSR count). The van der Waals surface area contributed by atoms with Crippen LogP contribution in [0.25, 0.3) is 0 Å². The van der Waals surface area contributed by atoms with Crippen molar-refractivity contribution >= 4 is 5.91 Å². The quantitative estimate of drug-likeness (QED) is 0.694. The summed E-state index contributed by atoms with van der Waals surface area (Å²) in [5, 5.41) is 12.0. The van der Waals surface area contributed by atoms with Crippen LogP contribution in [0.15, 0.2) is 0 Å². The smallest absolute Gasteiger partial charge is 0.226 e. The first-order valence-electron chi connectivity index (χ1n) is 6.20. The van der Waals surface area contributed by atoms with Crippen molar-refractivity contribution in [3.05, 3.63) is 0 Å². The molecule has 0 bridgehead atoms. The van der Waals surface area contributed by atoms with Crippen molar-refractivity contribution in [3.8, 4) is 0 Å².